The average molecular weight is 273 g/mol. The van der Waals surface area contributed by atoms with Gasteiger partial charge in [0.15, 0.2) is 0 Å². The Bertz CT molecular complexity index is 697. The average Bonchev–Trinajstić information content (AvgIpc) is 3.12. The smallest absolute Gasteiger partial charge is 0.263 e. The predicted molar refractivity (Wildman–Crippen MR) is 71.2 cm³/mol. The van der Waals surface area contributed by atoms with Crippen LogP contribution >= 0.6 is 0 Å². The third kappa shape index (κ3) is 1.59. The highest BCUT2D eigenvalue weighted by atomic mass is 16.5. The number of hydrogen-bond acceptors (Lipinski definition) is 6. The molecule has 2 aromatic rings. The molecule has 20 heavy (non-hydrogen) atoms. The van der Waals surface area contributed by atoms with Crippen molar-refractivity contribution in [3.8, 4) is 0 Å². The van der Waals surface area contributed by atoms with Crippen LogP contribution in [0.1, 0.15) is 18.5 Å². The van der Waals surface area contributed by atoms with Crippen LogP contribution in [0.3, 0.4) is 0 Å². The van der Waals surface area contributed by atoms with E-state index >= 15 is 0 Å². The lowest BCUT2D eigenvalue weighted by molar-refractivity contribution is -0.119. The number of carbonyl (C=O) groups is 1. The number of aryl methyl sites for hydroxylation is 1. The van der Waals surface area contributed by atoms with E-state index in [9.17, 15) is 4.79 Å². The van der Waals surface area contributed by atoms with Crippen molar-refractivity contribution in [1.82, 2.24) is 20.4 Å². The van der Waals surface area contributed by atoms with Gasteiger partial charge in [-0.05, 0) is 13.3 Å². The van der Waals surface area contributed by atoms with Gasteiger partial charge in [-0.15, -0.1) is 0 Å². The topological polar surface area (TPSA) is 84.2 Å². The van der Waals surface area contributed by atoms with Crippen LogP contribution in [0.4, 0.5) is 5.82 Å². The van der Waals surface area contributed by atoms with Gasteiger partial charge in [0.05, 0.1) is 5.69 Å². The fourth-order valence-electron chi connectivity index (χ4n) is 3.30. The number of rotatable bonds is 1. The van der Waals surface area contributed by atoms with Gasteiger partial charge in [0, 0.05) is 31.5 Å². The first kappa shape index (κ1) is 11.6. The van der Waals surface area contributed by atoms with Crippen LogP contribution in [0, 0.1) is 12.3 Å². The van der Waals surface area contributed by atoms with Gasteiger partial charge in [-0.25, -0.2) is 4.98 Å². The Balaban J connectivity index is 1.71. The van der Waals surface area contributed by atoms with Crippen molar-refractivity contribution >= 4 is 22.8 Å². The van der Waals surface area contributed by atoms with Gasteiger partial charge in [0.1, 0.15) is 17.5 Å². The van der Waals surface area contributed by atoms with Crippen molar-refractivity contribution in [2.45, 2.75) is 19.8 Å². The van der Waals surface area contributed by atoms with E-state index in [4.69, 9.17) is 4.52 Å². The first-order chi connectivity index (χ1) is 9.67. The van der Waals surface area contributed by atoms with Gasteiger partial charge in [-0.2, -0.15) is 4.98 Å². The zero-order valence-corrected chi connectivity index (χ0v) is 11.2. The summed E-state index contributed by atoms with van der Waals surface area (Å²) in [7, 11) is 0. The van der Waals surface area contributed by atoms with Crippen molar-refractivity contribution in [2.24, 2.45) is 5.41 Å². The molecule has 2 aliphatic rings. The minimum absolute atomic E-state index is 0.0550. The molecule has 0 saturated carbocycles. The summed E-state index contributed by atoms with van der Waals surface area (Å²) in [6, 6.07) is 0. The molecule has 0 radical (unpaired) electrons. The molecule has 0 aromatic carbocycles. The molecule has 1 amide bonds. The second kappa shape index (κ2) is 3.91. The zero-order valence-electron chi connectivity index (χ0n) is 11.2. The van der Waals surface area contributed by atoms with Gasteiger partial charge < -0.3 is 14.7 Å². The van der Waals surface area contributed by atoms with Crippen LogP contribution in [-0.2, 0) is 4.79 Å². The first-order valence-corrected chi connectivity index (χ1v) is 6.76. The molecule has 0 aliphatic carbocycles. The molecule has 104 valence electrons. The molecule has 2 aromatic heterocycles. The molecule has 2 saturated heterocycles. The van der Waals surface area contributed by atoms with Crippen molar-refractivity contribution < 1.29 is 9.32 Å². The Morgan fingerprint density at radius 1 is 1.45 bits per heavy atom. The molecule has 0 bridgehead atoms. The summed E-state index contributed by atoms with van der Waals surface area (Å²) < 4.78 is 5.19. The van der Waals surface area contributed by atoms with E-state index in [1.165, 1.54) is 6.33 Å². The highest BCUT2D eigenvalue weighted by Gasteiger charge is 2.44. The summed E-state index contributed by atoms with van der Waals surface area (Å²) in [5.41, 5.74) is 1.38. The van der Waals surface area contributed by atoms with Crippen LogP contribution in [0.2, 0.25) is 0 Å². The fourth-order valence-corrected chi connectivity index (χ4v) is 3.30. The van der Waals surface area contributed by atoms with Gasteiger partial charge in [-0.1, -0.05) is 5.16 Å². The Hall–Kier alpha value is -2.18. The third-order valence-corrected chi connectivity index (χ3v) is 4.36. The lowest BCUT2D eigenvalue weighted by Gasteiger charge is -2.22. The van der Waals surface area contributed by atoms with Gasteiger partial charge in [-0.3, -0.25) is 4.79 Å². The van der Waals surface area contributed by atoms with E-state index in [2.05, 4.69) is 25.3 Å². The van der Waals surface area contributed by atoms with Crippen LogP contribution in [0.5, 0.6) is 0 Å². The molecule has 1 N–H and O–H groups in total. The molecule has 7 nitrogen and oxygen atoms in total. The summed E-state index contributed by atoms with van der Waals surface area (Å²) in [6.07, 6.45) is 3.12. The summed E-state index contributed by atoms with van der Waals surface area (Å²) in [5, 5.41) is 7.77. The molecule has 2 fully saturated rings. The Morgan fingerprint density at radius 3 is 3.15 bits per heavy atom. The van der Waals surface area contributed by atoms with Crippen LogP contribution < -0.4 is 10.2 Å². The van der Waals surface area contributed by atoms with Crippen molar-refractivity contribution in [1.29, 1.82) is 0 Å². The number of amides is 1. The second-order valence-corrected chi connectivity index (χ2v) is 5.77. The maximum atomic E-state index is 11.5. The van der Waals surface area contributed by atoms with Crippen molar-refractivity contribution in [3.63, 3.8) is 0 Å². The minimum Gasteiger partial charge on any atom is -0.355 e. The molecule has 1 atom stereocenters. The number of carbonyl (C=O) groups excluding carboxylic acids is 1. The maximum Gasteiger partial charge on any atom is 0.263 e. The Labute approximate surface area is 115 Å². The van der Waals surface area contributed by atoms with E-state index in [1.54, 1.807) is 0 Å². The quantitative estimate of drug-likeness (QED) is 0.821. The third-order valence-electron chi connectivity index (χ3n) is 4.36. The largest absolute Gasteiger partial charge is 0.355 e. The number of aromatic nitrogens is 3. The molecule has 4 rings (SSSR count). The van der Waals surface area contributed by atoms with Crippen LogP contribution in [-0.4, -0.2) is 40.7 Å². The molecule has 2 aliphatic heterocycles. The predicted octanol–water partition coefficient (Wildman–Crippen LogP) is 0.643. The molecule has 1 unspecified atom stereocenters. The fraction of sp³-hybridized carbons (Fsp3) is 0.538. The highest BCUT2D eigenvalue weighted by molar-refractivity contribution is 5.88. The zero-order chi connectivity index (χ0) is 13.7. The lowest BCUT2D eigenvalue weighted by Crippen LogP contribution is -2.29. The monoisotopic (exact) mass is 273 g/mol. The summed E-state index contributed by atoms with van der Waals surface area (Å²) in [6.45, 7) is 4.39. The molecular formula is C13H15N5O2. The van der Waals surface area contributed by atoms with Crippen molar-refractivity contribution in [2.75, 3.05) is 24.5 Å². The standard InChI is InChI=1S/C13H15N5O2/c1-8-10-11(15-7-16-12(10)20-17-8)18-3-2-13(6-18)4-9(19)14-5-13/h7H,2-6H2,1H3,(H,14,19). The van der Waals surface area contributed by atoms with Gasteiger partial charge >= 0.3 is 0 Å². The number of hydrogen-bond donors (Lipinski definition) is 1. The highest BCUT2D eigenvalue weighted by Crippen LogP contribution is 2.39. The van der Waals surface area contributed by atoms with Crippen LogP contribution in [0.15, 0.2) is 10.9 Å². The van der Waals surface area contributed by atoms with E-state index in [-0.39, 0.29) is 11.3 Å². The van der Waals surface area contributed by atoms with Crippen molar-refractivity contribution in [3.05, 3.63) is 12.0 Å². The minimum atomic E-state index is 0.0550. The summed E-state index contributed by atoms with van der Waals surface area (Å²) in [4.78, 5) is 22.2. The van der Waals surface area contributed by atoms with E-state index in [0.29, 0.717) is 12.1 Å². The molecule has 1 spiro atoms. The number of fused-ring (bicyclic) bond motifs is 1. The van der Waals surface area contributed by atoms with E-state index in [1.807, 2.05) is 6.92 Å². The van der Waals surface area contributed by atoms with Crippen LogP contribution in [0.25, 0.3) is 11.1 Å². The van der Waals surface area contributed by atoms with Gasteiger partial charge in [0.25, 0.3) is 5.71 Å². The molecular weight excluding hydrogens is 258 g/mol. The van der Waals surface area contributed by atoms with E-state index in [0.717, 1.165) is 43.0 Å². The molecule has 7 heteroatoms. The number of nitrogens with one attached hydrogen (secondary N) is 1. The molecule has 4 heterocycles. The lowest BCUT2D eigenvalue weighted by atomic mass is 9.86. The second-order valence-electron chi connectivity index (χ2n) is 5.77. The normalized spacial score (nSPS) is 25.9. The van der Waals surface area contributed by atoms with Gasteiger partial charge in [0.2, 0.25) is 5.91 Å². The Kier molecular flexibility index (Phi) is 2.27. The number of nitrogens with zero attached hydrogens (tertiary/aromatic N) is 4. The Morgan fingerprint density at radius 2 is 2.35 bits per heavy atom. The van der Waals surface area contributed by atoms with E-state index < -0.39 is 0 Å². The number of anilines is 1. The first-order valence-electron chi connectivity index (χ1n) is 6.76. The maximum absolute atomic E-state index is 11.5. The summed E-state index contributed by atoms with van der Waals surface area (Å²) in [5.74, 6) is 1.02. The SMILES string of the molecule is Cc1noc2ncnc(N3CCC4(CNC(=O)C4)C3)c12. The summed E-state index contributed by atoms with van der Waals surface area (Å²) >= 11 is 0.